The van der Waals surface area contributed by atoms with Gasteiger partial charge in [-0.25, -0.2) is 0 Å². The van der Waals surface area contributed by atoms with Crippen molar-refractivity contribution in [3.05, 3.63) is 72.7 Å². The van der Waals surface area contributed by atoms with Gasteiger partial charge in [-0.2, -0.15) is 0 Å². The average Bonchev–Trinajstić information content (AvgIpc) is 3.21. The van der Waals surface area contributed by atoms with Crippen molar-refractivity contribution in [3.8, 4) is 0 Å². The van der Waals surface area contributed by atoms with Gasteiger partial charge in [0, 0.05) is 69.3 Å². The normalized spacial score (nSPS) is 20.8. The van der Waals surface area contributed by atoms with E-state index in [1.807, 2.05) is 37.5 Å². The number of nitrogens with one attached hydrogen (secondary N) is 1. The van der Waals surface area contributed by atoms with Crippen LogP contribution in [0.3, 0.4) is 0 Å². The number of pyridine rings is 2. The number of aromatic nitrogens is 2. The summed E-state index contributed by atoms with van der Waals surface area (Å²) in [4.78, 5) is 28.9. The van der Waals surface area contributed by atoms with Gasteiger partial charge in [0.1, 0.15) is 0 Å². The largest absolute Gasteiger partial charge is 0.369 e. The van der Waals surface area contributed by atoms with Crippen LogP contribution in [-0.2, 0) is 4.79 Å². The molecule has 1 fully saturated rings. The molecular weight excluding hydrogens is 436 g/mol. The Morgan fingerprint density at radius 1 is 1.03 bits per heavy atom. The van der Waals surface area contributed by atoms with Crippen molar-refractivity contribution in [2.24, 2.45) is 5.92 Å². The van der Waals surface area contributed by atoms with Crippen molar-refractivity contribution in [1.82, 2.24) is 25.1 Å². The van der Waals surface area contributed by atoms with Gasteiger partial charge in [0.15, 0.2) is 0 Å². The molecule has 3 aromatic rings. The third kappa shape index (κ3) is 5.15. The van der Waals surface area contributed by atoms with E-state index in [1.54, 1.807) is 6.20 Å². The van der Waals surface area contributed by atoms with Gasteiger partial charge in [0.05, 0.1) is 22.8 Å². The molecule has 1 saturated heterocycles. The van der Waals surface area contributed by atoms with E-state index in [0.29, 0.717) is 6.54 Å². The topological polar surface area (TPSA) is 64.6 Å². The van der Waals surface area contributed by atoms with Crippen LogP contribution in [-0.4, -0.2) is 78.0 Å². The van der Waals surface area contributed by atoms with Crippen LogP contribution in [0.4, 0.5) is 5.69 Å². The monoisotopic (exact) mass is 470 g/mol. The molecule has 0 spiro atoms. The number of anilines is 1. The molecule has 0 radical (unpaired) electrons. The van der Waals surface area contributed by atoms with Gasteiger partial charge in [0.25, 0.3) is 0 Å². The first-order valence-electron chi connectivity index (χ1n) is 12.6. The van der Waals surface area contributed by atoms with E-state index in [9.17, 15) is 4.79 Å². The second-order valence-electron chi connectivity index (χ2n) is 9.50. The van der Waals surface area contributed by atoms with E-state index in [-0.39, 0.29) is 17.9 Å². The van der Waals surface area contributed by atoms with E-state index < -0.39 is 0 Å². The zero-order valence-corrected chi connectivity index (χ0v) is 20.6. The molecule has 2 aromatic heterocycles. The van der Waals surface area contributed by atoms with Crippen LogP contribution in [0.2, 0.25) is 0 Å². The molecule has 2 unspecified atom stereocenters. The molecule has 4 heterocycles. The van der Waals surface area contributed by atoms with Gasteiger partial charge >= 0.3 is 0 Å². The first kappa shape index (κ1) is 23.3. The summed E-state index contributed by atoms with van der Waals surface area (Å²) < 4.78 is 0. The Bertz CT molecular complexity index is 1190. The quantitative estimate of drug-likeness (QED) is 0.535. The lowest BCUT2D eigenvalue weighted by Crippen LogP contribution is -2.47. The van der Waals surface area contributed by atoms with E-state index in [4.69, 9.17) is 0 Å². The molecule has 2 atom stereocenters. The Morgan fingerprint density at radius 3 is 2.66 bits per heavy atom. The molecule has 1 aromatic carbocycles. The lowest BCUT2D eigenvalue weighted by Gasteiger charge is -2.36. The third-order valence-corrected chi connectivity index (χ3v) is 7.35. The first-order valence-corrected chi connectivity index (χ1v) is 12.6. The summed E-state index contributed by atoms with van der Waals surface area (Å²) in [7, 11) is 2.03. The molecule has 7 heteroatoms. The van der Waals surface area contributed by atoms with Crippen molar-refractivity contribution < 1.29 is 4.79 Å². The molecule has 182 valence electrons. The van der Waals surface area contributed by atoms with E-state index in [1.165, 1.54) is 11.1 Å². The molecule has 2 aliphatic heterocycles. The number of nitrogens with zero attached hydrogens (tertiary/aromatic N) is 5. The highest BCUT2D eigenvalue weighted by atomic mass is 16.1. The Balaban J connectivity index is 1.06. The molecule has 0 aliphatic carbocycles. The second-order valence-corrected chi connectivity index (χ2v) is 9.50. The molecule has 35 heavy (non-hydrogen) atoms. The molecule has 0 bridgehead atoms. The highest BCUT2D eigenvalue weighted by Gasteiger charge is 2.34. The Morgan fingerprint density at radius 2 is 1.86 bits per heavy atom. The zero-order chi connectivity index (χ0) is 24.2. The van der Waals surface area contributed by atoms with Crippen LogP contribution in [0.15, 0.2) is 67.0 Å². The third-order valence-electron chi connectivity index (χ3n) is 7.35. The van der Waals surface area contributed by atoms with Crippen molar-refractivity contribution >= 4 is 28.2 Å². The summed E-state index contributed by atoms with van der Waals surface area (Å²) in [6, 6.07) is 16.6. The molecular formula is C28H34N6O. The number of piperazine rings is 1. The number of carbonyl (C=O) groups excluding carboxylic acids is 1. The standard InChI is InChI=1S/C28H34N6O/c1-21-24(20-27(32(21)2)26-8-3-4-11-30-26)28(35)31-13-6-14-33-15-17-34(18-16-33)23-9-10-25-22(19-23)7-5-12-29-25/h3-5,7-12,19-21,24H,6,13-18H2,1-2H3,(H,31,35). The summed E-state index contributed by atoms with van der Waals surface area (Å²) in [5.41, 5.74) is 4.25. The van der Waals surface area contributed by atoms with Gasteiger partial charge in [-0.05, 0) is 62.4 Å². The number of amides is 1. The number of carbonyl (C=O) groups is 1. The minimum absolute atomic E-state index is 0.103. The predicted molar refractivity (Wildman–Crippen MR) is 141 cm³/mol. The summed E-state index contributed by atoms with van der Waals surface area (Å²) >= 11 is 0. The Hall–Kier alpha value is -3.45. The maximum atomic E-state index is 12.9. The maximum Gasteiger partial charge on any atom is 0.229 e. The SMILES string of the molecule is CC1C(C(=O)NCCCN2CCN(c3ccc4ncccc4c3)CC2)C=C(c2ccccn2)N1C. The summed E-state index contributed by atoms with van der Waals surface area (Å²) in [5, 5.41) is 4.35. The Labute approximate surface area is 207 Å². The van der Waals surface area contributed by atoms with Crippen molar-refractivity contribution in [1.29, 1.82) is 0 Å². The van der Waals surface area contributed by atoms with Crippen molar-refractivity contribution in [2.45, 2.75) is 19.4 Å². The van der Waals surface area contributed by atoms with Gasteiger partial charge in [-0.1, -0.05) is 12.1 Å². The maximum absolute atomic E-state index is 12.9. The van der Waals surface area contributed by atoms with Crippen molar-refractivity contribution in [3.63, 3.8) is 0 Å². The van der Waals surface area contributed by atoms with Crippen LogP contribution in [0.5, 0.6) is 0 Å². The van der Waals surface area contributed by atoms with Crippen LogP contribution in [0.1, 0.15) is 19.0 Å². The minimum Gasteiger partial charge on any atom is -0.369 e. The molecule has 1 N–H and O–H groups in total. The molecule has 7 nitrogen and oxygen atoms in total. The van der Waals surface area contributed by atoms with Gasteiger partial charge < -0.3 is 15.1 Å². The Kier molecular flexibility index (Phi) is 6.95. The highest BCUT2D eigenvalue weighted by molar-refractivity contribution is 5.85. The number of benzene rings is 1. The summed E-state index contributed by atoms with van der Waals surface area (Å²) in [5.74, 6) is -0.0522. The summed E-state index contributed by atoms with van der Waals surface area (Å²) in [6.07, 6.45) is 6.65. The van der Waals surface area contributed by atoms with Gasteiger partial charge in [-0.15, -0.1) is 0 Å². The molecule has 2 aliphatic rings. The van der Waals surface area contributed by atoms with Crippen LogP contribution < -0.4 is 10.2 Å². The lowest BCUT2D eigenvalue weighted by atomic mass is 10.0. The second kappa shape index (κ2) is 10.4. The molecule has 1 amide bonds. The fourth-order valence-electron chi connectivity index (χ4n) is 5.08. The van der Waals surface area contributed by atoms with Crippen LogP contribution in [0, 0.1) is 5.92 Å². The number of fused-ring (bicyclic) bond motifs is 1. The minimum atomic E-state index is -0.155. The van der Waals surface area contributed by atoms with Crippen molar-refractivity contribution in [2.75, 3.05) is 51.2 Å². The zero-order valence-electron chi connectivity index (χ0n) is 20.6. The summed E-state index contributed by atoms with van der Waals surface area (Å²) in [6.45, 7) is 7.93. The number of rotatable bonds is 7. The van der Waals surface area contributed by atoms with Crippen LogP contribution >= 0.6 is 0 Å². The fraction of sp³-hybridized carbons (Fsp3) is 0.393. The number of hydrogen-bond donors (Lipinski definition) is 1. The van der Waals surface area contributed by atoms with Gasteiger partial charge in [0.2, 0.25) is 5.91 Å². The average molecular weight is 471 g/mol. The predicted octanol–water partition coefficient (Wildman–Crippen LogP) is 3.25. The number of hydrogen-bond acceptors (Lipinski definition) is 6. The lowest BCUT2D eigenvalue weighted by molar-refractivity contribution is -0.124. The van der Waals surface area contributed by atoms with Crippen LogP contribution in [0.25, 0.3) is 16.6 Å². The smallest absolute Gasteiger partial charge is 0.229 e. The van der Waals surface area contributed by atoms with E-state index in [0.717, 1.165) is 56.1 Å². The van der Waals surface area contributed by atoms with E-state index >= 15 is 0 Å². The van der Waals surface area contributed by atoms with E-state index in [2.05, 4.69) is 67.2 Å². The molecule has 5 rings (SSSR count). The molecule has 0 saturated carbocycles. The highest BCUT2D eigenvalue weighted by Crippen LogP contribution is 2.31. The fourth-order valence-corrected chi connectivity index (χ4v) is 5.08. The first-order chi connectivity index (χ1) is 17.1. The van der Waals surface area contributed by atoms with Gasteiger partial charge in [-0.3, -0.25) is 19.7 Å².